The van der Waals surface area contributed by atoms with Crippen LogP contribution in [0.25, 0.3) is 0 Å². The molecule has 1 aromatic carbocycles. The van der Waals surface area contributed by atoms with Crippen LogP contribution in [0.2, 0.25) is 0 Å². The lowest BCUT2D eigenvalue weighted by atomic mass is 9.97. The minimum atomic E-state index is -1.47. The minimum Gasteiger partial charge on any atom is -0.504 e. The Labute approximate surface area is 95.4 Å². The number of hydrogen-bond acceptors (Lipinski definition) is 4. The standard InChI is InChI=1S/C10H11F2NO4/c1-17-9-6(12)2-5(11)7(8(9)14)4(3-13)10(15)16/h2,4,14H,3,13H2,1H3,(H,15,16). The lowest BCUT2D eigenvalue weighted by Gasteiger charge is -2.15. The van der Waals surface area contributed by atoms with Crippen molar-refractivity contribution in [2.45, 2.75) is 5.92 Å². The number of benzene rings is 1. The van der Waals surface area contributed by atoms with E-state index < -0.39 is 47.1 Å². The number of phenolic OH excluding ortho intramolecular Hbond substituents is 1. The van der Waals surface area contributed by atoms with Gasteiger partial charge in [0.15, 0.2) is 17.3 Å². The summed E-state index contributed by atoms with van der Waals surface area (Å²) in [6, 6.07) is 0.444. The molecule has 5 nitrogen and oxygen atoms in total. The highest BCUT2D eigenvalue weighted by molar-refractivity contribution is 5.78. The summed E-state index contributed by atoms with van der Waals surface area (Å²) in [6.07, 6.45) is 0. The SMILES string of the molecule is COc1c(F)cc(F)c(C(CN)C(=O)O)c1O. The first kappa shape index (κ1) is 13.2. The lowest BCUT2D eigenvalue weighted by molar-refractivity contribution is -0.138. The molecule has 0 radical (unpaired) electrons. The molecule has 0 bridgehead atoms. The molecule has 1 rings (SSSR count). The van der Waals surface area contributed by atoms with Gasteiger partial charge < -0.3 is 20.7 Å². The van der Waals surface area contributed by atoms with E-state index in [0.29, 0.717) is 6.07 Å². The molecule has 94 valence electrons. The topological polar surface area (TPSA) is 92.8 Å². The Morgan fingerprint density at radius 3 is 2.53 bits per heavy atom. The number of hydrogen-bond donors (Lipinski definition) is 3. The van der Waals surface area contributed by atoms with E-state index in [1.54, 1.807) is 0 Å². The molecule has 1 aromatic rings. The van der Waals surface area contributed by atoms with Gasteiger partial charge in [0, 0.05) is 18.2 Å². The predicted octanol–water partition coefficient (Wildman–Crippen LogP) is 0.806. The third kappa shape index (κ3) is 2.28. The fraction of sp³-hybridized carbons (Fsp3) is 0.300. The van der Waals surface area contributed by atoms with Crippen molar-refractivity contribution in [3.63, 3.8) is 0 Å². The molecule has 0 fully saturated rings. The predicted molar refractivity (Wildman–Crippen MR) is 54.0 cm³/mol. The largest absolute Gasteiger partial charge is 0.504 e. The Morgan fingerprint density at radius 1 is 1.53 bits per heavy atom. The molecule has 1 atom stereocenters. The van der Waals surface area contributed by atoms with Crippen LogP contribution < -0.4 is 10.5 Å². The third-order valence-electron chi connectivity index (χ3n) is 2.28. The van der Waals surface area contributed by atoms with Crippen molar-refractivity contribution in [1.29, 1.82) is 0 Å². The maximum absolute atomic E-state index is 13.5. The average molecular weight is 247 g/mol. The third-order valence-corrected chi connectivity index (χ3v) is 2.28. The molecule has 0 aliphatic heterocycles. The second kappa shape index (κ2) is 4.96. The number of carboxylic acid groups (broad SMARTS) is 1. The van der Waals surface area contributed by atoms with Crippen LogP contribution >= 0.6 is 0 Å². The van der Waals surface area contributed by atoms with Crippen LogP contribution in [-0.4, -0.2) is 29.8 Å². The monoisotopic (exact) mass is 247 g/mol. The molecule has 4 N–H and O–H groups in total. The first-order valence-corrected chi connectivity index (χ1v) is 4.61. The van der Waals surface area contributed by atoms with Gasteiger partial charge in [-0.05, 0) is 0 Å². The molecule has 0 amide bonds. The molecule has 0 aliphatic rings. The van der Waals surface area contributed by atoms with Crippen LogP contribution in [0.15, 0.2) is 6.07 Å². The summed E-state index contributed by atoms with van der Waals surface area (Å²) < 4.78 is 31.1. The van der Waals surface area contributed by atoms with Crippen LogP contribution in [0.1, 0.15) is 11.5 Å². The number of carboxylic acids is 1. The minimum absolute atomic E-state index is 0.436. The molecule has 7 heteroatoms. The van der Waals surface area contributed by atoms with E-state index in [1.807, 2.05) is 0 Å². The second-order valence-electron chi connectivity index (χ2n) is 3.26. The molecule has 0 aliphatic carbocycles. The molecule has 0 saturated heterocycles. The van der Waals surface area contributed by atoms with E-state index in [0.717, 1.165) is 7.11 Å². The Bertz CT molecular complexity index is 450. The van der Waals surface area contributed by atoms with Crippen LogP contribution in [0.3, 0.4) is 0 Å². The van der Waals surface area contributed by atoms with Crippen LogP contribution in [0, 0.1) is 11.6 Å². The van der Waals surface area contributed by atoms with Crippen molar-refractivity contribution in [2.24, 2.45) is 5.73 Å². The zero-order valence-corrected chi connectivity index (χ0v) is 8.91. The molecule has 0 heterocycles. The van der Waals surface area contributed by atoms with Gasteiger partial charge in [0.25, 0.3) is 0 Å². The molecule has 17 heavy (non-hydrogen) atoms. The van der Waals surface area contributed by atoms with Crippen LogP contribution in [-0.2, 0) is 4.79 Å². The van der Waals surface area contributed by atoms with E-state index in [-0.39, 0.29) is 0 Å². The smallest absolute Gasteiger partial charge is 0.312 e. The summed E-state index contributed by atoms with van der Waals surface area (Å²) in [5.41, 5.74) is 4.59. The van der Waals surface area contributed by atoms with Gasteiger partial charge in [-0.2, -0.15) is 0 Å². The number of phenols is 1. The molecule has 0 aromatic heterocycles. The average Bonchev–Trinajstić information content (AvgIpc) is 2.23. The van der Waals surface area contributed by atoms with Crippen LogP contribution in [0.4, 0.5) is 8.78 Å². The number of aliphatic carboxylic acids is 1. The van der Waals surface area contributed by atoms with Crippen molar-refractivity contribution in [1.82, 2.24) is 0 Å². The summed E-state index contributed by atoms with van der Waals surface area (Å²) in [5.74, 6) is -6.69. The highest BCUT2D eigenvalue weighted by atomic mass is 19.1. The Kier molecular flexibility index (Phi) is 3.84. The van der Waals surface area contributed by atoms with Gasteiger partial charge in [-0.3, -0.25) is 4.79 Å². The number of methoxy groups -OCH3 is 1. The van der Waals surface area contributed by atoms with Gasteiger partial charge in [-0.15, -0.1) is 0 Å². The van der Waals surface area contributed by atoms with Crippen molar-refractivity contribution in [3.05, 3.63) is 23.3 Å². The van der Waals surface area contributed by atoms with Gasteiger partial charge in [0.1, 0.15) is 11.7 Å². The number of rotatable bonds is 4. The summed E-state index contributed by atoms with van der Waals surface area (Å²) in [5, 5.41) is 18.4. The Balaban J connectivity index is 3.47. The van der Waals surface area contributed by atoms with Crippen molar-refractivity contribution in [3.8, 4) is 11.5 Å². The normalized spacial score (nSPS) is 12.2. The Morgan fingerprint density at radius 2 is 2.12 bits per heavy atom. The number of ether oxygens (including phenoxy) is 1. The number of nitrogens with two attached hydrogens (primary N) is 1. The van der Waals surface area contributed by atoms with Gasteiger partial charge in [-0.1, -0.05) is 0 Å². The van der Waals surface area contributed by atoms with Crippen molar-refractivity contribution >= 4 is 5.97 Å². The molecular weight excluding hydrogens is 236 g/mol. The summed E-state index contributed by atoms with van der Waals surface area (Å²) in [4.78, 5) is 10.8. The van der Waals surface area contributed by atoms with Crippen molar-refractivity contribution in [2.75, 3.05) is 13.7 Å². The van der Waals surface area contributed by atoms with Gasteiger partial charge in [0.05, 0.1) is 7.11 Å². The number of halogens is 2. The zero-order valence-electron chi connectivity index (χ0n) is 8.91. The summed E-state index contributed by atoms with van der Waals surface area (Å²) in [7, 11) is 1.07. The first-order valence-electron chi connectivity index (χ1n) is 4.61. The molecular formula is C10H11F2NO4. The summed E-state index contributed by atoms with van der Waals surface area (Å²) in [6.45, 7) is -0.436. The van der Waals surface area contributed by atoms with Gasteiger partial charge in [0.2, 0.25) is 0 Å². The highest BCUT2D eigenvalue weighted by Crippen LogP contribution is 2.38. The maximum Gasteiger partial charge on any atom is 0.312 e. The molecule has 1 unspecified atom stereocenters. The Hall–Kier alpha value is -1.89. The molecule has 0 spiro atoms. The lowest BCUT2D eigenvalue weighted by Crippen LogP contribution is -2.22. The van der Waals surface area contributed by atoms with Gasteiger partial charge >= 0.3 is 5.97 Å². The van der Waals surface area contributed by atoms with E-state index >= 15 is 0 Å². The first-order chi connectivity index (χ1) is 7.93. The number of aromatic hydroxyl groups is 1. The molecule has 0 saturated carbocycles. The fourth-order valence-electron chi connectivity index (χ4n) is 1.47. The van der Waals surface area contributed by atoms with E-state index in [4.69, 9.17) is 10.8 Å². The zero-order chi connectivity index (χ0) is 13.2. The quantitative estimate of drug-likeness (QED) is 0.732. The summed E-state index contributed by atoms with van der Waals surface area (Å²) >= 11 is 0. The van der Waals surface area contributed by atoms with E-state index in [2.05, 4.69) is 4.74 Å². The number of carbonyl (C=O) groups is 1. The van der Waals surface area contributed by atoms with Crippen LogP contribution in [0.5, 0.6) is 11.5 Å². The highest BCUT2D eigenvalue weighted by Gasteiger charge is 2.29. The van der Waals surface area contributed by atoms with Gasteiger partial charge in [-0.25, -0.2) is 8.78 Å². The van der Waals surface area contributed by atoms with E-state index in [9.17, 15) is 18.7 Å². The maximum atomic E-state index is 13.5. The second-order valence-corrected chi connectivity index (χ2v) is 3.26. The fourth-order valence-corrected chi connectivity index (χ4v) is 1.47. The van der Waals surface area contributed by atoms with Crippen molar-refractivity contribution < 1.29 is 28.5 Å². The van der Waals surface area contributed by atoms with E-state index in [1.165, 1.54) is 0 Å².